The molecule has 1 saturated heterocycles. The molecule has 0 aromatic rings. The second-order valence-electron chi connectivity index (χ2n) is 7.69. The first-order chi connectivity index (χ1) is 11.2. The fourth-order valence-electron chi connectivity index (χ4n) is 4.68. The minimum atomic E-state index is 0.388. The van der Waals surface area contributed by atoms with Gasteiger partial charge in [-0.15, -0.1) is 0 Å². The van der Waals surface area contributed by atoms with E-state index in [4.69, 9.17) is 4.74 Å². The largest absolute Gasteiger partial charge is 0.378 e. The quantitative estimate of drug-likeness (QED) is 0.599. The Balaban J connectivity index is 1.46. The molecule has 23 heavy (non-hydrogen) atoms. The van der Waals surface area contributed by atoms with Crippen LogP contribution in [0.4, 0.5) is 0 Å². The van der Waals surface area contributed by atoms with Gasteiger partial charge in [-0.2, -0.15) is 0 Å². The summed E-state index contributed by atoms with van der Waals surface area (Å²) in [5.74, 6) is 1.71. The first-order valence-electron chi connectivity index (χ1n) is 9.45. The van der Waals surface area contributed by atoms with E-state index in [1.165, 1.54) is 45.2 Å². The van der Waals surface area contributed by atoms with Crippen molar-refractivity contribution in [3.05, 3.63) is 0 Å². The third-order valence-corrected chi connectivity index (χ3v) is 6.25. The molecule has 2 saturated carbocycles. The molecule has 3 fully saturated rings. The minimum absolute atomic E-state index is 0.388. The van der Waals surface area contributed by atoms with Gasteiger partial charge in [0.2, 0.25) is 0 Å². The summed E-state index contributed by atoms with van der Waals surface area (Å²) in [7, 11) is 4.11. The van der Waals surface area contributed by atoms with Crippen LogP contribution in [0.5, 0.6) is 0 Å². The Kier molecular flexibility index (Phi) is 5.47. The molecule has 0 radical (unpaired) electrons. The van der Waals surface area contributed by atoms with E-state index in [0.29, 0.717) is 17.6 Å². The van der Waals surface area contributed by atoms with Gasteiger partial charge in [-0.1, -0.05) is 6.42 Å². The van der Waals surface area contributed by atoms with Crippen molar-refractivity contribution >= 4 is 5.96 Å². The maximum absolute atomic E-state index is 5.94. The van der Waals surface area contributed by atoms with Gasteiger partial charge in [0.1, 0.15) is 0 Å². The van der Waals surface area contributed by atoms with Gasteiger partial charge in [-0.3, -0.25) is 4.99 Å². The summed E-state index contributed by atoms with van der Waals surface area (Å²) < 4.78 is 5.94. The second kappa shape index (κ2) is 7.39. The number of piperidine rings is 1. The molecule has 1 spiro atoms. The van der Waals surface area contributed by atoms with Gasteiger partial charge in [-0.25, -0.2) is 0 Å². The molecule has 3 aliphatic rings. The normalized spacial score (nSPS) is 33.9. The van der Waals surface area contributed by atoms with Crippen LogP contribution in [0.1, 0.15) is 45.4 Å². The molecule has 0 aromatic carbocycles. The zero-order chi connectivity index (χ0) is 16.3. The maximum Gasteiger partial charge on any atom is 0.191 e. The number of hydrogen-bond donors (Lipinski definition) is 2. The van der Waals surface area contributed by atoms with E-state index in [1.807, 2.05) is 7.05 Å². The number of rotatable bonds is 5. The van der Waals surface area contributed by atoms with Crippen molar-refractivity contribution in [3.63, 3.8) is 0 Å². The minimum Gasteiger partial charge on any atom is -0.378 e. The fraction of sp³-hybridized carbons (Fsp3) is 0.944. The number of hydrogen-bond acceptors (Lipinski definition) is 3. The molecule has 2 N–H and O–H groups in total. The molecule has 132 valence electrons. The van der Waals surface area contributed by atoms with Crippen molar-refractivity contribution in [1.82, 2.24) is 15.5 Å². The van der Waals surface area contributed by atoms with E-state index < -0.39 is 0 Å². The zero-order valence-corrected chi connectivity index (χ0v) is 15.1. The maximum atomic E-state index is 5.94. The molecule has 0 aromatic heterocycles. The highest BCUT2D eigenvalue weighted by molar-refractivity contribution is 5.80. The number of likely N-dealkylation sites (tertiary alicyclic amines) is 1. The molecule has 3 rings (SSSR count). The lowest BCUT2D eigenvalue weighted by Gasteiger charge is -2.61. The fourth-order valence-corrected chi connectivity index (χ4v) is 4.68. The van der Waals surface area contributed by atoms with Crippen molar-refractivity contribution in [3.8, 4) is 0 Å². The highest BCUT2D eigenvalue weighted by Crippen LogP contribution is 2.57. The molecule has 3 unspecified atom stereocenters. The smallest absolute Gasteiger partial charge is 0.191 e. The SMILES string of the molecule is CCOC1CC(NC(=NC)NCC2CCCN(C)C2)C12CCC2. The van der Waals surface area contributed by atoms with Gasteiger partial charge in [0.15, 0.2) is 5.96 Å². The standard InChI is InChI=1S/C18H34N4O/c1-4-23-16-11-15(18(16)8-6-9-18)21-17(19-2)20-12-14-7-5-10-22(3)13-14/h14-16H,4-13H2,1-3H3,(H2,19,20,21). The molecule has 0 amide bonds. The summed E-state index contributed by atoms with van der Waals surface area (Å²) in [5, 5.41) is 7.24. The van der Waals surface area contributed by atoms with E-state index in [-0.39, 0.29) is 0 Å². The van der Waals surface area contributed by atoms with Crippen molar-refractivity contribution in [1.29, 1.82) is 0 Å². The van der Waals surface area contributed by atoms with Crippen LogP contribution in [-0.4, -0.2) is 63.3 Å². The Morgan fingerprint density at radius 3 is 2.78 bits per heavy atom. The molecule has 5 heteroatoms. The molecule has 5 nitrogen and oxygen atoms in total. The highest BCUT2D eigenvalue weighted by atomic mass is 16.5. The van der Waals surface area contributed by atoms with Crippen LogP contribution in [0.25, 0.3) is 0 Å². The van der Waals surface area contributed by atoms with E-state index in [1.54, 1.807) is 0 Å². The summed E-state index contributed by atoms with van der Waals surface area (Å²) in [5.41, 5.74) is 0.388. The Morgan fingerprint density at radius 1 is 1.35 bits per heavy atom. The Hall–Kier alpha value is -0.810. The molecule has 2 aliphatic carbocycles. The molecule has 1 aliphatic heterocycles. The van der Waals surface area contributed by atoms with Crippen LogP contribution >= 0.6 is 0 Å². The lowest BCUT2D eigenvalue weighted by Crippen LogP contribution is -2.68. The molecule has 0 bridgehead atoms. The lowest BCUT2D eigenvalue weighted by molar-refractivity contribution is -0.168. The van der Waals surface area contributed by atoms with E-state index in [0.717, 1.165) is 31.4 Å². The molecule has 3 atom stereocenters. The third kappa shape index (κ3) is 3.50. The average Bonchev–Trinajstić information content (AvgIpc) is 2.47. The summed E-state index contributed by atoms with van der Waals surface area (Å²) in [6.07, 6.45) is 8.19. The van der Waals surface area contributed by atoms with Crippen LogP contribution in [0.3, 0.4) is 0 Å². The Morgan fingerprint density at radius 2 is 2.17 bits per heavy atom. The van der Waals surface area contributed by atoms with Gasteiger partial charge >= 0.3 is 0 Å². The zero-order valence-electron chi connectivity index (χ0n) is 15.1. The van der Waals surface area contributed by atoms with Crippen LogP contribution in [0.15, 0.2) is 4.99 Å². The monoisotopic (exact) mass is 322 g/mol. The van der Waals surface area contributed by atoms with Crippen molar-refractivity contribution in [2.24, 2.45) is 16.3 Å². The highest BCUT2D eigenvalue weighted by Gasteiger charge is 2.59. The predicted molar refractivity (Wildman–Crippen MR) is 94.8 cm³/mol. The number of ether oxygens (including phenoxy) is 1. The summed E-state index contributed by atoms with van der Waals surface area (Å²) >= 11 is 0. The number of nitrogens with zero attached hydrogens (tertiary/aromatic N) is 2. The summed E-state index contributed by atoms with van der Waals surface area (Å²) in [6.45, 7) is 6.41. The van der Waals surface area contributed by atoms with Crippen molar-refractivity contribution in [2.75, 3.05) is 40.3 Å². The van der Waals surface area contributed by atoms with Gasteiger partial charge in [0, 0.05) is 38.2 Å². The first kappa shape index (κ1) is 17.0. The molecular formula is C18H34N4O. The average molecular weight is 322 g/mol. The number of nitrogens with one attached hydrogen (secondary N) is 2. The van der Waals surface area contributed by atoms with Crippen LogP contribution < -0.4 is 10.6 Å². The first-order valence-corrected chi connectivity index (χ1v) is 9.45. The van der Waals surface area contributed by atoms with E-state index in [9.17, 15) is 0 Å². The predicted octanol–water partition coefficient (Wildman–Crippen LogP) is 1.84. The van der Waals surface area contributed by atoms with E-state index in [2.05, 4.69) is 34.5 Å². The van der Waals surface area contributed by atoms with Crippen LogP contribution in [-0.2, 0) is 4.74 Å². The summed E-state index contributed by atoms with van der Waals surface area (Å²) in [4.78, 5) is 6.89. The van der Waals surface area contributed by atoms with Gasteiger partial charge < -0.3 is 20.3 Å². The topological polar surface area (TPSA) is 48.9 Å². The molecule has 1 heterocycles. The van der Waals surface area contributed by atoms with Crippen LogP contribution in [0, 0.1) is 11.3 Å². The second-order valence-corrected chi connectivity index (χ2v) is 7.69. The third-order valence-electron chi connectivity index (χ3n) is 6.25. The summed E-state index contributed by atoms with van der Waals surface area (Å²) in [6, 6.07) is 0.535. The van der Waals surface area contributed by atoms with Crippen LogP contribution in [0.2, 0.25) is 0 Å². The Bertz CT molecular complexity index is 421. The lowest BCUT2D eigenvalue weighted by atomic mass is 9.51. The number of guanidine groups is 1. The van der Waals surface area contributed by atoms with Crippen molar-refractivity contribution in [2.45, 2.75) is 57.6 Å². The van der Waals surface area contributed by atoms with Crippen molar-refractivity contribution < 1.29 is 4.74 Å². The van der Waals surface area contributed by atoms with Gasteiger partial charge in [0.05, 0.1) is 6.10 Å². The van der Waals surface area contributed by atoms with Gasteiger partial charge in [0.25, 0.3) is 0 Å². The molecular weight excluding hydrogens is 288 g/mol. The van der Waals surface area contributed by atoms with Gasteiger partial charge in [-0.05, 0) is 58.5 Å². The number of aliphatic imine (C=N–C) groups is 1. The Labute approximate surface area is 141 Å². The van der Waals surface area contributed by atoms with E-state index >= 15 is 0 Å².